The molecule has 440 valence electrons. The molecule has 3 heterocycles. The van der Waals surface area contributed by atoms with Crippen molar-refractivity contribution in [1.29, 1.82) is 0 Å². The van der Waals surface area contributed by atoms with Crippen LogP contribution in [0.2, 0.25) is 5.28 Å². The van der Waals surface area contributed by atoms with Crippen molar-refractivity contribution in [2.75, 3.05) is 54.8 Å². The molecule has 0 atom stereocenters. The van der Waals surface area contributed by atoms with E-state index >= 15 is 0 Å². The average Bonchev–Trinajstić information content (AvgIpc) is 2.64. The number of aliphatic imine (C=N–C) groups is 2. The zero-order valence-electron chi connectivity index (χ0n) is 42.6. The molecule has 2 aromatic heterocycles. The predicted octanol–water partition coefficient (Wildman–Crippen LogP) is 4.44. The van der Waals surface area contributed by atoms with Crippen molar-refractivity contribution in [1.82, 2.24) is 29.7 Å². The highest BCUT2D eigenvalue weighted by Gasteiger charge is 2.28. The van der Waals surface area contributed by atoms with Crippen LogP contribution in [0.1, 0.15) is 22.8 Å². The van der Waals surface area contributed by atoms with Gasteiger partial charge in [-0.15, -0.1) is 20.5 Å². The van der Waals surface area contributed by atoms with Crippen LogP contribution in [0.15, 0.2) is 128 Å². The zero-order chi connectivity index (χ0) is 61.1. The Morgan fingerprint density at radius 2 is 1.40 bits per heavy atom. The number of hydrogen-bond acceptors (Lipinski definition) is 24. The van der Waals surface area contributed by atoms with Crippen LogP contribution in [0.4, 0.5) is 46.0 Å². The molecule has 0 saturated carbocycles. The number of benzene rings is 4. The minimum Gasteiger partial charge on any atom is -0.505 e. The van der Waals surface area contributed by atoms with E-state index in [1.54, 1.807) is 4.90 Å². The number of amides is 1. The molecule has 83 heavy (non-hydrogen) atoms. The summed E-state index contributed by atoms with van der Waals surface area (Å²) in [6.45, 7) is 8.59. The first-order valence-electron chi connectivity index (χ1n) is 23.3. The maximum atomic E-state index is 13.2. The van der Waals surface area contributed by atoms with Crippen molar-refractivity contribution in [3.8, 4) is 11.6 Å². The molecule has 6 aromatic rings. The van der Waals surface area contributed by atoms with E-state index in [1.807, 2.05) is 4.90 Å². The lowest BCUT2D eigenvalue weighted by Gasteiger charge is -2.34. The lowest BCUT2D eigenvalue weighted by atomic mass is 10.1. The highest BCUT2D eigenvalue weighted by atomic mass is 35.5. The summed E-state index contributed by atoms with van der Waals surface area (Å²) in [6.07, 6.45) is 0. The molecule has 33 nitrogen and oxygen atoms in total. The summed E-state index contributed by atoms with van der Waals surface area (Å²) in [5.41, 5.74) is 6.75. The number of hydrogen-bond donors (Lipinski definition) is 11. The molecule has 0 bridgehead atoms. The number of azo groups is 2. The number of aromatic hydroxyl groups is 2. The Kier molecular flexibility index (Phi) is 18.5. The van der Waals surface area contributed by atoms with Crippen LogP contribution in [0.3, 0.4) is 0 Å². The largest absolute Gasteiger partial charge is 0.505 e. The van der Waals surface area contributed by atoms with E-state index in [-0.39, 0.29) is 53.3 Å². The third-order valence-electron chi connectivity index (χ3n) is 11.8. The van der Waals surface area contributed by atoms with E-state index in [2.05, 4.69) is 67.9 Å². The SMILES string of the molecule is C=C(N=C(N=C(N)Cl)Nc1ccc(S(=O)(=O)O)c(N=Nc2c(C)c(C(N)=O)c(O)n(CC)c2=O)c1)NCCN1CCN(c2nc(Cl)nc(Nc3cc(S(=O)(=O)O)cc4cc(S(=O)(=O)O)c(N=Nc5ccccc5S(=O)(=O)O)c(O)c34)n2)CC1. The quantitative estimate of drug-likeness (QED) is 0.0175. The minimum atomic E-state index is -5.33. The van der Waals surface area contributed by atoms with Gasteiger partial charge in [0.05, 0.1) is 10.6 Å². The molecule has 7 rings (SSSR count). The monoisotopic (exact) mass is 1270 g/mol. The first-order valence-corrected chi connectivity index (χ1v) is 29.8. The fourth-order valence-electron chi connectivity index (χ4n) is 8.04. The van der Waals surface area contributed by atoms with Gasteiger partial charge in [-0.05, 0) is 91.0 Å². The number of nitrogens with zero attached hydrogens (tertiary/aromatic N) is 12. The van der Waals surface area contributed by atoms with Crippen molar-refractivity contribution in [3.05, 3.63) is 99.8 Å². The normalized spacial score (nSPS) is 14.2. The zero-order valence-corrected chi connectivity index (χ0v) is 47.4. The molecular weight excluding hydrogens is 1220 g/mol. The number of phenolic OH excluding ortho intramolecular Hbond substituents is 1. The number of nitrogens with one attached hydrogen (secondary N) is 3. The third kappa shape index (κ3) is 14.8. The maximum Gasteiger partial charge on any atom is 0.296 e. The van der Waals surface area contributed by atoms with E-state index in [0.29, 0.717) is 38.8 Å². The maximum absolute atomic E-state index is 13.2. The number of aromatic nitrogens is 4. The Hall–Kier alpha value is -8.37. The fourth-order valence-corrected chi connectivity index (χ4v) is 10.7. The molecule has 1 amide bonds. The van der Waals surface area contributed by atoms with Crippen molar-refractivity contribution < 1.29 is 66.9 Å². The number of guanidine groups is 1. The Bertz CT molecular complexity index is 4310. The fraction of sp³-hybridized carbons (Fsp3) is 0.205. The van der Waals surface area contributed by atoms with Gasteiger partial charge in [-0.2, -0.15) is 58.6 Å². The van der Waals surface area contributed by atoms with E-state index in [1.165, 1.54) is 32.0 Å². The van der Waals surface area contributed by atoms with Crippen LogP contribution in [0.25, 0.3) is 10.8 Å². The average molecular weight is 1270 g/mol. The highest BCUT2D eigenvalue weighted by Crippen LogP contribution is 2.46. The van der Waals surface area contributed by atoms with Gasteiger partial charge >= 0.3 is 0 Å². The number of rotatable bonds is 19. The molecule has 0 unspecified atom stereocenters. The molecule has 0 aliphatic carbocycles. The van der Waals surface area contributed by atoms with Crippen LogP contribution in [0, 0.1) is 6.92 Å². The lowest BCUT2D eigenvalue weighted by Crippen LogP contribution is -2.48. The van der Waals surface area contributed by atoms with Crippen LogP contribution in [-0.4, -0.2) is 143 Å². The number of primary amides is 1. The Morgan fingerprint density at radius 1 is 0.771 bits per heavy atom. The molecule has 39 heteroatoms. The second kappa shape index (κ2) is 24.6. The molecule has 4 aromatic carbocycles. The standard InChI is InChI=1S/C44H45Cl2N17O16S4/c1-4-63-38(66)32(37(47)65)21(2)34(39(63)67)59-58-27-19-24(9-10-30(27)82(74,75)76)51-42(53-40(45)48)50-22(3)49-11-12-61-13-15-62(16-14-61)44-55-41(46)54-43(56-44)52-28-20-25(80(68,69)70)17-23-18-31(83(77,78)79)35(36(64)33(23)28)60-57-26-7-5-6-8-29(26)81(71,72)73/h5-10,17-20,49,64,66H,3-4,11-16H2,1-2H3,(H2,47,65)(H,68,69,70)(H,71,72,73)(H,74,75,76)(H,77,78,79)(H3,48,50,51,53)(H,52,54,55,56). The van der Waals surface area contributed by atoms with Gasteiger partial charge in [0.25, 0.3) is 51.9 Å². The van der Waals surface area contributed by atoms with E-state index in [0.717, 1.165) is 41.0 Å². The van der Waals surface area contributed by atoms with E-state index in [4.69, 9.17) is 34.7 Å². The van der Waals surface area contributed by atoms with Crippen molar-refractivity contribution in [2.24, 2.45) is 41.9 Å². The van der Waals surface area contributed by atoms with Gasteiger partial charge in [-0.25, -0.2) is 0 Å². The van der Waals surface area contributed by atoms with Crippen LogP contribution in [0.5, 0.6) is 11.6 Å². The van der Waals surface area contributed by atoms with Gasteiger partial charge in [0.15, 0.2) is 16.7 Å². The molecule has 1 fully saturated rings. The number of piperazine rings is 1. The summed E-state index contributed by atoms with van der Waals surface area (Å²) < 4.78 is 139. The van der Waals surface area contributed by atoms with Crippen molar-refractivity contribution >= 4 is 138 Å². The number of phenols is 1. The second-order valence-corrected chi connectivity index (χ2v) is 23.5. The molecule has 0 spiro atoms. The smallest absolute Gasteiger partial charge is 0.296 e. The van der Waals surface area contributed by atoms with Crippen LogP contribution >= 0.6 is 23.2 Å². The number of halogens is 2. The third-order valence-corrected chi connectivity index (χ3v) is 15.5. The number of amidine groups is 1. The van der Waals surface area contributed by atoms with Gasteiger partial charge in [0.2, 0.25) is 29.0 Å². The predicted molar refractivity (Wildman–Crippen MR) is 300 cm³/mol. The Morgan fingerprint density at radius 3 is 2.01 bits per heavy atom. The van der Waals surface area contributed by atoms with Gasteiger partial charge in [-0.1, -0.05) is 18.7 Å². The number of anilines is 4. The molecule has 1 aliphatic rings. The van der Waals surface area contributed by atoms with Crippen molar-refractivity contribution in [3.63, 3.8) is 0 Å². The minimum absolute atomic E-state index is 0.0163. The molecule has 13 N–H and O–H groups in total. The number of carbonyl (C=O) groups excluding carboxylic acids is 1. The topological polar surface area (TPSA) is 504 Å². The lowest BCUT2D eigenvalue weighted by molar-refractivity contribution is 0.0995. The van der Waals surface area contributed by atoms with Gasteiger partial charge in [0.1, 0.15) is 43.1 Å². The summed E-state index contributed by atoms with van der Waals surface area (Å²) >= 11 is 12.2. The Balaban J connectivity index is 1.06. The Labute approximate surface area is 479 Å². The van der Waals surface area contributed by atoms with Gasteiger partial charge in [-0.3, -0.25) is 37.3 Å². The number of nitrogens with two attached hydrogens (primary N) is 2. The summed E-state index contributed by atoms with van der Waals surface area (Å²) in [4.78, 5) is 46.5. The highest BCUT2D eigenvalue weighted by molar-refractivity contribution is 7.86. The summed E-state index contributed by atoms with van der Waals surface area (Å²) in [5, 5.41) is 44.0. The second-order valence-electron chi connectivity index (χ2n) is 17.2. The molecule has 1 saturated heterocycles. The van der Waals surface area contributed by atoms with Crippen molar-refractivity contribution in [2.45, 2.75) is 40.0 Å². The number of pyridine rings is 1. The number of fused-ring (bicyclic) bond motifs is 1. The summed E-state index contributed by atoms with van der Waals surface area (Å²) in [7, 11) is -20.3. The molecule has 1 aliphatic heterocycles. The molecule has 0 radical (unpaired) electrons. The summed E-state index contributed by atoms with van der Waals surface area (Å²) in [6, 6.07) is 10.1. The van der Waals surface area contributed by atoms with Crippen LogP contribution < -0.4 is 37.9 Å². The van der Waals surface area contributed by atoms with E-state index in [9.17, 15) is 71.7 Å². The van der Waals surface area contributed by atoms with Gasteiger partial charge < -0.3 is 42.5 Å². The van der Waals surface area contributed by atoms with Crippen LogP contribution in [-0.2, 0) is 47.0 Å². The first kappa shape index (κ1) is 62.2. The molecular formula is C44H45Cl2N17O16S4. The first-order chi connectivity index (χ1) is 38.7. The summed E-state index contributed by atoms with van der Waals surface area (Å²) in [5.74, 6) is -3.45. The van der Waals surface area contributed by atoms with E-state index < -0.39 is 133 Å². The van der Waals surface area contributed by atoms with Gasteiger partial charge in [0, 0.05) is 62.5 Å². The number of carbonyl (C=O) groups is 1.